The maximum absolute atomic E-state index is 12.6. The molecule has 0 saturated carbocycles. The normalized spacial score (nSPS) is 16.1. The van der Waals surface area contributed by atoms with Crippen molar-refractivity contribution < 1.29 is 35.8 Å². The van der Waals surface area contributed by atoms with Crippen molar-refractivity contribution in [1.29, 1.82) is 0 Å². The number of rotatable bonds is 4. The molecule has 3 nitrogen and oxygen atoms in total. The van der Waals surface area contributed by atoms with Gasteiger partial charge in [-0.15, -0.1) is 26.3 Å². The summed E-state index contributed by atoms with van der Waals surface area (Å²) in [7, 11) is 0. The number of alkyl halides is 6. The predicted octanol–water partition coefficient (Wildman–Crippen LogP) is 7.25. The van der Waals surface area contributed by atoms with Crippen LogP contribution >= 0.6 is 0 Å². The number of benzene rings is 3. The summed E-state index contributed by atoms with van der Waals surface area (Å²) in [4.78, 5) is 0. The van der Waals surface area contributed by atoms with Crippen molar-refractivity contribution in [3.8, 4) is 22.6 Å². The Morgan fingerprint density at radius 2 is 1.38 bits per heavy atom. The smallest absolute Gasteiger partial charge is 0.406 e. The van der Waals surface area contributed by atoms with E-state index in [1.165, 1.54) is 36.4 Å². The number of fused-ring (bicyclic) bond motifs is 1. The molecular weight excluding hydrogens is 436 g/mol. The fourth-order valence-corrected chi connectivity index (χ4v) is 3.85. The first kappa shape index (κ1) is 21.9. The highest BCUT2D eigenvalue weighted by Crippen LogP contribution is 2.40. The largest absolute Gasteiger partial charge is 0.573 e. The molecule has 9 heteroatoms. The average Bonchev–Trinajstić information content (AvgIpc) is 2.71. The summed E-state index contributed by atoms with van der Waals surface area (Å²) in [6, 6.07) is 16.7. The SMILES string of the molecule is FC(F)(F)Oc1cccc(-c2cccc3c2CCC(c2cccc(OC(F)(F)F)c2)N3)c1. The molecule has 3 aromatic rings. The Balaban J connectivity index is 1.59. The van der Waals surface area contributed by atoms with E-state index in [4.69, 9.17) is 0 Å². The summed E-state index contributed by atoms with van der Waals surface area (Å²) in [6.07, 6.45) is -8.39. The first-order valence-electron chi connectivity index (χ1n) is 9.68. The maximum atomic E-state index is 12.6. The van der Waals surface area contributed by atoms with Crippen molar-refractivity contribution in [3.63, 3.8) is 0 Å². The van der Waals surface area contributed by atoms with Crippen molar-refractivity contribution in [3.05, 3.63) is 77.9 Å². The van der Waals surface area contributed by atoms with Crippen LogP contribution in [0.15, 0.2) is 66.7 Å². The summed E-state index contributed by atoms with van der Waals surface area (Å²) in [6.45, 7) is 0. The highest BCUT2D eigenvalue weighted by atomic mass is 19.4. The van der Waals surface area contributed by atoms with E-state index in [9.17, 15) is 26.3 Å². The molecule has 1 aliphatic rings. The maximum Gasteiger partial charge on any atom is 0.573 e. The van der Waals surface area contributed by atoms with Crippen molar-refractivity contribution in [2.45, 2.75) is 31.6 Å². The Morgan fingerprint density at radius 3 is 2.06 bits per heavy atom. The van der Waals surface area contributed by atoms with Crippen molar-refractivity contribution >= 4 is 5.69 Å². The molecule has 0 aromatic heterocycles. The summed E-state index contributed by atoms with van der Waals surface area (Å²) >= 11 is 0. The van der Waals surface area contributed by atoms with E-state index in [1.807, 2.05) is 12.1 Å². The molecule has 168 valence electrons. The fraction of sp³-hybridized carbons (Fsp3) is 0.217. The molecular formula is C23H17F6NO2. The van der Waals surface area contributed by atoms with Crippen LogP contribution in [-0.2, 0) is 6.42 Å². The Bertz CT molecular complexity index is 1110. The lowest BCUT2D eigenvalue weighted by atomic mass is 9.88. The molecule has 1 aliphatic heterocycles. The quantitative estimate of drug-likeness (QED) is 0.422. The van der Waals surface area contributed by atoms with E-state index in [0.29, 0.717) is 24.0 Å². The topological polar surface area (TPSA) is 30.5 Å². The van der Waals surface area contributed by atoms with Gasteiger partial charge in [0.2, 0.25) is 0 Å². The minimum Gasteiger partial charge on any atom is -0.406 e. The number of hydrogen-bond donors (Lipinski definition) is 1. The van der Waals surface area contributed by atoms with Crippen molar-refractivity contribution in [2.75, 3.05) is 5.32 Å². The molecule has 0 bridgehead atoms. The van der Waals surface area contributed by atoms with E-state index in [2.05, 4.69) is 14.8 Å². The third-order valence-electron chi connectivity index (χ3n) is 5.06. The molecule has 32 heavy (non-hydrogen) atoms. The summed E-state index contributed by atoms with van der Waals surface area (Å²) in [5.41, 5.74) is 3.65. The van der Waals surface area contributed by atoms with Gasteiger partial charge in [-0.05, 0) is 65.4 Å². The van der Waals surface area contributed by atoms with Gasteiger partial charge in [0.15, 0.2) is 0 Å². The second-order valence-electron chi connectivity index (χ2n) is 7.26. The molecule has 0 amide bonds. The van der Waals surface area contributed by atoms with E-state index in [-0.39, 0.29) is 17.5 Å². The molecule has 1 atom stereocenters. The van der Waals surface area contributed by atoms with Gasteiger partial charge >= 0.3 is 12.7 Å². The number of anilines is 1. The lowest BCUT2D eigenvalue weighted by Gasteiger charge is -2.29. The zero-order chi connectivity index (χ0) is 22.9. The molecule has 3 aromatic carbocycles. The number of ether oxygens (including phenoxy) is 2. The molecule has 1 N–H and O–H groups in total. The number of hydrogen-bond acceptors (Lipinski definition) is 3. The van der Waals surface area contributed by atoms with Crippen LogP contribution in [0.5, 0.6) is 11.5 Å². The summed E-state index contributed by atoms with van der Waals surface area (Å²) in [5.74, 6) is -0.603. The van der Waals surface area contributed by atoms with E-state index in [0.717, 1.165) is 16.8 Å². The Kier molecular flexibility index (Phi) is 5.66. The van der Waals surface area contributed by atoms with Crippen LogP contribution in [0.1, 0.15) is 23.6 Å². The van der Waals surface area contributed by atoms with E-state index >= 15 is 0 Å². The van der Waals surface area contributed by atoms with Gasteiger partial charge in [0, 0.05) is 5.69 Å². The van der Waals surface area contributed by atoms with Gasteiger partial charge in [-0.2, -0.15) is 0 Å². The van der Waals surface area contributed by atoms with E-state index in [1.54, 1.807) is 18.2 Å². The summed E-state index contributed by atoms with van der Waals surface area (Å²) in [5, 5.41) is 3.32. The number of halogens is 6. The van der Waals surface area contributed by atoms with Crippen LogP contribution in [0.4, 0.5) is 32.0 Å². The third kappa shape index (κ3) is 5.27. The molecule has 0 radical (unpaired) electrons. The van der Waals surface area contributed by atoms with Gasteiger partial charge < -0.3 is 14.8 Å². The standard InChI is InChI=1S/C23H17F6NO2/c24-22(25,26)31-16-6-1-4-14(12-16)18-8-3-9-21-19(18)10-11-20(30-21)15-5-2-7-17(13-15)32-23(27,28)29/h1-9,12-13,20,30H,10-11H2. The lowest BCUT2D eigenvalue weighted by molar-refractivity contribution is -0.275. The van der Waals surface area contributed by atoms with Crippen molar-refractivity contribution in [1.82, 2.24) is 0 Å². The fourth-order valence-electron chi connectivity index (χ4n) is 3.85. The van der Waals surface area contributed by atoms with Crippen LogP contribution in [-0.4, -0.2) is 12.7 Å². The first-order chi connectivity index (χ1) is 15.1. The van der Waals surface area contributed by atoms with Gasteiger partial charge in [0.25, 0.3) is 0 Å². The Morgan fingerprint density at radius 1 is 0.750 bits per heavy atom. The van der Waals surface area contributed by atoms with Crippen LogP contribution in [0.2, 0.25) is 0 Å². The monoisotopic (exact) mass is 453 g/mol. The van der Waals surface area contributed by atoms with E-state index < -0.39 is 12.7 Å². The minimum atomic E-state index is -4.78. The zero-order valence-corrected chi connectivity index (χ0v) is 16.4. The highest BCUT2D eigenvalue weighted by molar-refractivity contribution is 5.76. The minimum absolute atomic E-state index is 0.241. The Labute approximate surface area is 179 Å². The lowest BCUT2D eigenvalue weighted by Crippen LogP contribution is -2.20. The molecule has 1 heterocycles. The van der Waals surface area contributed by atoms with Gasteiger partial charge in [-0.25, -0.2) is 0 Å². The third-order valence-corrected chi connectivity index (χ3v) is 5.06. The zero-order valence-electron chi connectivity index (χ0n) is 16.4. The molecule has 4 rings (SSSR count). The molecule has 0 aliphatic carbocycles. The molecule has 0 fully saturated rings. The number of nitrogens with one attached hydrogen (secondary N) is 1. The van der Waals surface area contributed by atoms with Crippen LogP contribution < -0.4 is 14.8 Å². The Hall–Kier alpha value is -3.36. The highest BCUT2D eigenvalue weighted by Gasteiger charge is 2.32. The summed E-state index contributed by atoms with van der Waals surface area (Å²) < 4.78 is 83.3. The molecule has 0 spiro atoms. The van der Waals surface area contributed by atoms with Crippen molar-refractivity contribution in [2.24, 2.45) is 0 Å². The van der Waals surface area contributed by atoms with Crippen LogP contribution in [0.3, 0.4) is 0 Å². The first-order valence-corrected chi connectivity index (χ1v) is 9.68. The second kappa shape index (κ2) is 8.29. The molecule has 1 unspecified atom stereocenters. The van der Waals surface area contributed by atoms with Gasteiger partial charge in [0.05, 0.1) is 6.04 Å². The molecule has 0 saturated heterocycles. The van der Waals surface area contributed by atoms with Gasteiger partial charge in [-0.1, -0.05) is 36.4 Å². The van der Waals surface area contributed by atoms with Crippen LogP contribution in [0, 0.1) is 0 Å². The van der Waals surface area contributed by atoms with Gasteiger partial charge in [-0.3, -0.25) is 0 Å². The average molecular weight is 453 g/mol. The van der Waals surface area contributed by atoms with Crippen LogP contribution in [0.25, 0.3) is 11.1 Å². The predicted molar refractivity (Wildman–Crippen MR) is 106 cm³/mol. The van der Waals surface area contributed by atoms with Gasteiger partial charge in [0.1, 0.15) is 11.5 Å². The second-order valence-corrected chi connectivity index (χ2v) is 7.26.